The van der Waals surface area contributed by atoms with Crippen LogP contribution in [0.25, 0.3) is 0 Å². The summed E-state index contributed by atoms with van der Waals surface area (Å²) in [6, 6.07) is 0. The van der Waals surface area contributed by atoms with Crippen molar-refractivity contribution in [3.8, 4) is 0 Å². The molecule has 0 aromatic rings. The molecule has 0 unspecified atom stereocenters. The Morgan fingerprint density at radius 3 is 2.75 bits per heavy atom. The van der Waals surface area contributed by atoms with Gasteiger partial charge in [-0.25, -0.2) is 0 Å². The lowest BCUT2D eigenvalue weighted by molar-refractivity contribution is 0.500. The molecule has 3 N–H and O–H groups in total. The van der Waals surface area contributed by atoms with Gasteiger partial charge in [0.25, 0.3) is 0 Å². The Balaban J connectivity index is 2.01. The Hall–Kier alpha value is -0.730. The van der Waals surface area contributed by atoms with Gasteiger partial charge in [0.2, 0.25) is 0 Å². The Bertz CT molecular complexity index is 148. The van der Waals surface area contributed by atoms with E-state index in [1.54, 1.807) is 7.05 Å². The molecule has 1 saturated carbocycles. The van der Waals surface area contributed by atoms with E-state index < -0.39 is 0 Å². The van der Waals surface area contributed by atoms with Gasteiger partial charge < -0.3 is 11.1 Å². The molecule has 3 heteroatoms. The van der Waals surface area contributed by atoms with Crippen LogP contribution in [0.4, 0.5) is 0 Å². The molecule has 0 aromatic carbocycles. The third-order valence-corrected chi connectivity index (χ3v) is 2.57. The lowest BCUT2D eigenvalue weighted by Gasteiger charge is -2.09. The number of nitrogens with zero attached hydrogens (tertiary/aromatic N) is 1. The largest absolute Gasteiger partial charge is 0.370 e. The van der Waals surface area contributed by atoms with Crippen molar-refractivity contribution in [2.24, 2.45) is 16.6 Å². The number of aliphatic imine (C=N–C) groups is 1. The maximum Gasteiger partial charge on any atom is 0.188 e. The highest BCUT2D eigenvalue weighted by Crippen LogP contribution is 2.26. The quantitative estimate of drug-likeness (QED) is 0.491. The van der Waals surface area contributed by atoms with Gasteiger partial charge in [-0.3, -0.25) is 4.99 Å². The molecule has 0 saturated heterocycles. The van der Waals surface area contributed by atoms with Crippen molar-refractivity contribution in [3.05, 3.63) is 0 Å². The topological polar surface area (TPSA) is 50.4 Å². The third kappa shape index (κ3) is 3.11. The minimum absolute atomic E-state index is 0.563. The minimum Gasteiger partial charge on any atom is -0.370 e. The van der Waals surface area contributed by atoms with E-state index in [1.165, 1.54) is 32.1 Å². The van der Waals surface area contributed by atoms with E-state index in [1.807, 2.05) is 0 Å². The fraction of sp³-hybridized carbons (Fsp3) is 0.889. The number of guanidine groups is 1. The van der Waals surface area contributed by atoms with E-state index in [0.29, 0.717) is 5.96 Å². The average Bonchev–Trinajstić information content (AvgIpc) is 2.57. The zero-order valence-electron chi connectivity index (χ0n) is 7.84. The fourth-order valence-corrected chi connectivity index (χ4v) is 1.78. The molecule has 12 heavy (non-hydrogen) atoms. The number of nitrogens with one attached hydrogen (secondary N) is 1. The number of nitrogens with two attached hydrogens (primary N) is 1. The predicted molar refractivity (Wildman–Crippen MR) is 52.1 cm³/mol. The van der Waals surface area contributed by atoms with E-state index >= 15 is 0 Å². The van der Waals surface area contributed by atoms with Crippen LogP contribution in [0.5, 0.6) is 0 Å². The molecule has 3 nitrogen and oxygen atoms in total. The maximum absolute atomic E-state index is 5.50. The summed E-state index contributed by atoms with van der Waals surface area (Å²) in [5.41, 5.74) is 5.50. The van der Waals surface area contributed by atoms with Crippen molar-refractivity contribution in [3.63, 3.8) is 0 Å². The predicted octanol–water partition coefficient (Wildman–Crippen LogP) is 1.10. The van der Waals surface area contributed by atoms with Gasteiger partial charge in [0.05, 0.1) is 0 Å². The summed E-state index contributed by atoms with van der Waals surface area (Å²) in [6.07, 6.45) is 6.90. The molecule has 0 aliphatic heterocycles. The van der Waals surface area contributed by atoms with Crippen molar-refractivity contribution < 1.29 is 0 Å². The van der Waals surface area contributed by atoms with Crippen LogP contribution < -0.4 is 11.1 Å². The summed E-state index contributed by atoms with van der Waals surface area (Å²) in [6.45, 7) is 0.980. The lowest BCUT2D eigenvalue weighted by atomic mass is 10.0. The van der Waals surface area contributed by atoms with Crippen molar-refractivity contribution >= 4 is 5.96 Å². The molecule has 0 amide bonds. The third-order valence-electron chi connectivity index (χ3n) is 2.57. The van der Waals surface area contributed by atoms with Crippen molar-refractivity contribution in [1.82, 2.24) is 5.32 Å². The van der Waals surface area contributed by atoms with Crippen LogP contribution in [0.2, 0.25) is 0 Å². The summed E-state index contributed by atoms with van der Waals surface area (Å²) < 4.78 is 0. The first-order chi connectivity index (χ1) is 5.83. The molecular weight excluding hydrogens is 150 g/mol. The Morgan fingerprint density at radius 1 is 1.50 bits per heavy atom. The number of hydrogen-bond donors (Lipinski definition) is 2. The second-order valence-electron chi connectivity index (χ2n) is 3.47. The van der Waals surface area contributed by atoms with Gasteiger partial charge in [-0.15, -0.1) is 0 Å². The second kappa shape index (κ2) is 5.01. The molecule has 1 aliphatic rings. The molecule has 0 aromatic heterocycles. The molecule has 70 valence electrons. The Morgan fingerprint density at radius 2 is 2.17 bits per heavy atom. The summed E-state index contributed by atoms with van der Waals surface area (Å²) in [7, 11) is 1.71. The molecule has 0 radical (unpaired) electrons. The standard InChI is InChI=1S/C9H19N3/c1-11-9(10)12-7-6-8-4-2-3-5-8/h8H,2-7H2,1H3,(H3,10,11,12). The van der Waals surface area contributed by atoms with Crippen LogP contribution in [-0.2, 0) is 0 Å². The highest BCUT2D eigenvalue weighted by molar-refractivity contribution is 5.77. The van der Waals surface area contributed by atoms with Gasteiger partial charge in [0, 0.05) is 13.6 Å². The van der Waals surface area contributed by atoms with Gasteiger partial charge in [-0.1, -0.05) is 25.7 Å². The summed E-state index contributed by atoms with van der Waals surface area (Å²) in [5, 5.41) is 3.09. The zero-order valence-corrected chi connectivity index (χ0v) is 7.84. The van der Waals surface area contributed by atoms with Gasteiger partial charge in [0.15, 0.2) is 5.96 Å². The molecule has 1 rings (SSSR count). The van der Waals surface area contributed by atoms with Gasteiger partial charge >= 0.3 is 0 Å². The molecule has 0 atom stereocenters. The smallest absolute Gasteiger partial charge is 0.188 e. The second-order valence-corrected chi connectivity index (χ2v) is 3.47. The first-order valence-corrected chi connectivity index (χ1v) is 4.79. The highest BCUT2D eigenvalue weighted by atomic mass is 15.1. The maximum atomic E-state index is 5.50. The highest BCUT2D eigenvalue weighted by Gasteiger charge is 2.13. The van der Waals surface area contributed by atoms with Gasteiger partial charge in [-0.05, 0) is 12.3 Å². The van der Waals surface area contributed by atoms with E-state index in [-0.39, 0.29) is 0 Å². The minimum atomic E-state index is 0.563. The number of rotatable bonds is 3. The first-order valence-electron chi connectivity index (χ1n) is 4.79. The van der Waals surface area contributed by atoms with Crippen LogP contribution in [0.15, 0.2) is 4.99 Å². The SMILES string of the molecule is CN=C(N)NCCC1CCCC1. The molecule has 0 heterocycles. The van der Waals surface area contributed by atoms with Crippen LogP contribution in [0.1, 0.15) is 32.1 Å². The first kappa shape index (κ1) is 9.36. The molecule has 0 spiro atoms. The van der Waals surface area contributed by atoms with Crippen LogP contribution in [0, 0.1) is 5.92 Å². The van der Waals surface area contributed by atoms with E-state index in [9.17, 15) is 0 Å². The molecule has 1 fully saturated rings. The zero-order chi connectivity index (χ0) is 8.81. The van der Waals surface area contributed by atoms with Crippen LogP contribution >= 0.6 is 0 Å². The molecular formula is C9H19N3. The van der Waals surface area contributed by atoms with Crippen LogP contribution in [-0.4, -0.2) is 19.6 Å². The number of hydrogen-bond acceptors (Lipinski definition) is 1. The van der Waals surface area contributed by atoms with Crippen LogP contribution in [0.3, 0.4) is 0 Å². The molecule has 0 bridgehead atoms. The van der Waals surface area contributed by atoms with Crippen molar-refractivity contribution in [2.75, 3.05) is 13.6 Å². The summed E-state index contributed by atoms with van der Waals surface area (Å²) >= 11 is 0. The van der Waals surface area contributed by atoms with E-state index in [2.05, 4.69) is 10.3 Å². The van der Waals surface area contributed by atoms with Crippen molar-refractivity contribution in [1.29, 1.82) is 0 Å². The lowest BCUT2D eigenvalue weighted by Crippen LogP contribution is -2.32. The average molecular weight is 169 g/mol. The van der Waals surface area contributed by atoms with Gasteiger partial charge in [-0.2, -0.15) is 0 Å². The summed E-state index contributed by atoms with van der Waals surface area (Å²) in [5.74, 6) is 1.50. The monoisotopic (exact) mass is 169 g/mol. The van der Waals surface area contributed by atoms with Crippen molar-refractivity contribution in [2.45, 2.75) is 32.1 Å². The van der Waals surface area contributed by atoms with E-state index in [0.717, 1.165) is 12.5 Å². The normalized spacial score (nSPS) is 19.9. The fourth-order valence-electron chi connectivity index (χ4n) is 1.78. The van der Waals surface area contributed by atoms with Gasteiger partial charge in [0.1, 0.15) is 0 Å². The Labute approximate surface area is 74.4 Å². The Kier molecular flexibility index (Phi) is 3.91. The summed E-state index contributed by atoms with van der Waals surface area (Å²) in [4.78, 5) is 3.84. The molecule has 1 aliphatic carbocycles. The van der Waals surface area contributed by atoms with E-state index in [4.69, 9.17) is 5.73 Å².